The molecule has 112 valence electrons. The van der Waals surface area contributed by atoms with E-state index in [-0.39, 0.29) is 6.04 Å². The number of rotatable bonds is 6. The molecule has 0 aliphatic carbocycles. The normalized spacial score (nSPS) is 11.8. The van der Waals surface area contributed by atoms with Gasteiger partial charge in [-0.15, -0.1) is 0 Å². The molecular formula is C15H19N3O3. The van der Waals surface area contributed by atoms with Gasteiger partial charge in [0.25, 0.3) is 0 Å². The molecule has 0 spiro atoms. The molecule has 1 unspecified atom stereocenters. The standard InChI is InChI=1S/C15H19N3O3/c1-16-13(10-7-5-6-8-11(10)19-2)14-15(21-4)18-12(20-3)9-17-14/h5-9,13,16H,1-4H3. The van der Waals surface area contributed by atoms with E-state index in [9.17, 15) is 0 Å². The first-order chi connectivity index (χ1) is 10.2. The van der Waals surface area contributed by atoms with E-state index in [0.717, 1.165) is 11.3 Å². The summed E-state index contributed by atoms with van der Waals surface area (Å²) in [5.74, 6) is 1.60. The van der Waals surface area contributed by atoms with Crippen molar-refractivity contribution in [3.8, 4) is 17.5 Å². The van der Waals surface area contributed by atoms with Crippen LogP contribution in [0.3, 0.4) is 0 Å². The Labute approximate surface area is 124 Å². The maximum absolute atomic E-state index is 5.41. The van der Waals surface area contributed by atoms with Gasteiger partial charge in [0.05, 0.1) is 33.6 Å². The lowest BCUT2D eigenvalue weighted by Gasteiger charge is -2.20. The summed E-state index contributed by atoms with van der Waals surface area (Å²) in [5, 5.41) is 3.22. The molecule has 1 aromatic carbocycles. The fourth-order valence-electron chi connectivity index (χ4n) is 2.16. The monoisotopic (exact) mass is 289 g/mol. The van der Waals surface area contributed by atoms with Crippen LogP contribution in [0, 0.1) is 0 Å². The lowest BCUT2D eigenvalue weighted by Crippen LogP contribution is -2.21. The molecule has 1 N–H and O–H groups in total. The zero-order valence-electron chi connectivity index (χ0n) is 12.6. The largest absolute Gasteiger partial charge is 0.496 e. The van der Waals surface area contributed by atoms with Crippen LogP contribution in [0.15, 0.2) is 30.5 Å². The summed E-state index contributed by atoms with van der Waals surface area (Å²) in [5.41, 5.74) is 1.63. The summed E-state index contributed by atoms with van der Waals surface area (Å²) in [6.45, 7) is 0. The first-order valence-corrected chi connectivity index (χ1v) is 6.50. The van der Waals surface area contributed by atoms with Gasteiger partial charge in [0.1, 0.15) is 11.4 Å². The molecular weight excluding hydrogens is 270 g/mol. The highest BCUT2D eigenvalue weighted by Gasteiger charge is 2.22. The van der Waals surface area contributed by atoms with Crippen LogP contribution < -0.4 is 19.5 Å². The fourth-order valence-corrected chi connectivity index (χ4v) is 2.16. The third-order valence-corrected chi connectivity index (χ3v) is 3.16. The van der Waals surface area contributed by atoms with Gasteiger partial charge in [-0.1, -0.05) is 18.2 Å². The number of para-hydroxylation sites is 1. The molecule has 0 aliphatic heterocycles. The molecule has 0 amide bonds. The van der Waals surface area contributed by atoms with E-state index in [1.165, 1.54) is 0 Å². The van der Waals surface area contributed by atoms with Gasteiger partial charge in [-0.2, -0.15) is 4.98 Å². The minimum absolute atomic E-state index is 0.200. The molecule has 21 heavy (non-hydrogen) atoms. The number of ether oxygens (including phenoxy) is 3. The molecule has 0 saturated heterocycles. The predicted molar refractivity (Wildman–Crippen MR) is 79.0 cm³/mol. The van der Waals surface area contributed by atoms with Gasteiger partial charge in [-0.3, -0.25) is 0 Å². The van der Waals surface area contributed by atoms with Crippen LogP contribution in [-0.4, -0.2) is 38.3 Å². The van der Waals surface area contributed by atoms with Crippen molar-refractivity contribution in [1.82, 2.24) is 15.3 Å². The Balaban J connectivity index is 2.51. The van der Waals surface area contributed by atoms with Gasteiger partial charge >= 0.3 is 0 Å². The summed E-state index contributed by atoms with van der Waals surface area (Å²) in [6, 6.07) is 7.56. The quantitative estimate of drug-likeness (QED) is 0.875. The lowest BCUT2D eigenvalue weighted by atomic mass is 10.0. The van der Waals surface area contributed by atoms with Gasteiger partial charge in [0.2, 0.25) is 11.8 Å². The molecule has 2 rings (SSSR count). The molecule has 1 heterocycles. The molecule has 6 heteroatoms. The Morgan fingerprint density at radius 1 is 1.05 bits per heavy atom. The molecule has 1 aromatic heterocycles. The smallest absolute Gasteiger partial charge is 0.240 e. The van der Waals surface area contributed by atoms with E-state index in [2.05, 4.69) is 15.3 Å². The minimum atomic E-state index is -0.200. The van der Waals surface area contributed by atoms with Crippen LogP contribution in [-0.2, 0) is 0 Å². The highest BCUT2D eigenvalue weighted by Crippen LogP contribution is 2.32. The van der Waals surface area contributed by atoms with Crippen molar-refractivity contribution in [2.75, 3.05) is 28.4 Å². The zero-order valence-corrected chi connectivity index (χ0v) is 12.6. The molecule has 0 radical (unpaired) electrons. The number of hydrogen-bond acceptors (Lipinski definition) is 6. The maximum atomic E-state index is 5.41. The van der Waals surface area contributed by atoms with E-state index in [0.29, 0.717) is 17.5 Å². The summed E-state index contributed by atoms with van der Waals surface area (Å²) >= 11 is 0. The average molecular weight is 289 g/mol. The third-order valence-electron chi connectivity index (χ3n) is 3.16. The Kier molecular flexibility index (Phi) is 4.94. The second-order valence-electron chi connectivity index (χ2n) is 4.27. The number of hydrogen-bond donors (Lipinski definition) is 1. The summed E-state index contributed by atoms with van der Waals surface area (Å²) in [7, 11) is 6.59. The number of nitrogens with one attached hydrogen (secondary N) is 1. The van der Waals surface area contributed by atoms with Crippen molar-refractivity contribution in [3.05, 3.63) is 41.7 Å². The first kappa shape index (κ1) is 15.1. The van der Waals surface area contributed by atoms with Crippen LogP contribution in [0.1, 0.15) is 17.3 Å². The molecule has 2 aromatic rings. The van der Waals surface area contributed by atoms with Crippen molar-refractivity contribution in [1.29, 1.82) is 0 Å². The van der Waals surface area contributed by atoms with Crippen LogP contribution in [0.4, 0.5) is 0 Å². The Hall–Kier alpha value is -2.34. The third kappa shape index (κ3) is 3.05. The van der Waals surface area contributed by atoms with Gasteiger partial charge in [-0.05, 0) is 13.1 Å². The van der Waals surface area contributed by atoms with Gasteiger partial charge in [0, 0.05) is 5.56 Å². The SMILES string of the molecule is CNC(c1ccccc1OC)c1ncc(OC)nc1OC. The van der Waals surface area contributed by atoms with Crippen molar-refractivity contribution >= 4 is 0 Å². The topological polar surface area (TPSA) is 65.5 Å². The maximum Gasteiger partial charge on any atom is 0.240 e. The molecule has 0 fully saturated rings. The zero-order chi connectivity index (χ0) is 15.2. The van der Waals surface area contributed by atoms with Crippen molar-refractivity contribution in [2.45, 2.75) is 6.04 Å². The summed E-state index contributed by atoms with van der Waals surface area (Å²) in [4.78, 5) is 8.68. The second kappa shape index (κ2) is 6.90. The average Bonchev–Trinajstić information content (AvgIpc) is 2.56. The highest BCUT2D eigenvalue weighted by atomic mass is 16.5. The van der Waals surface area contributed by atoms with Crippen LogP contribution >= 0.6 is 0 Å². The fraction of sp³-hybridized carbons (Fsp3) is 0.333. The minimum Gasteiger partial charge on any atom is -0.496 e. The van der Waals surface area contributed by atoms with Crippen LogP contribution in [0.25, 0.3) is 0 Å². The van der Waals surface area contributed by atoms with Crippen LogP contribution in [0.5, 0.6) is 17.5 Å². The van der Waals surface area contributed by atoms with Crippen molar-refractivity contribution in [2.24, 2.45) is 0 Å². The van der Waals surface area contributed by atoms with Gasteiger partial charge in [0.15, 0.2) is 0 Å². The molecule has 0 aliphatic rings. The van der Waals surface area contributed by atoms with Gasteiger partial charge < -0.3 is 19.5 Å². The van der Waals surface area contributed by atoms with E-state index in [1.54, 1.807) is 27.5 Å². The second-order valence-corrected chi connectivity index (χ2v) is 4.27. The first-order valence-electron chi connectivity index (χ1n) is 6.50. The predicted octanol–water partition coefficient (Wildman–Crippen LogP) is 1.81. The van der Waals surface area contributed by atoms with E-state index in [1.807, 2.05) is 31.3 Å². The highest BCUT2D eigenvalue weighted by molar-refractivity contribution is 5.42. The lowest BCUT2D eigenvalue weighted by molar-refractivity contribution is 0.352. The number of aromatic nitrogens is 2. The van der Waals surface area contributed by atoms with E-state index in [4.69, 9.17) is 14.2 Å². The number of nitrogens with zero attached hydrogens (tertiary/aromatic N) is 2. The Morgan fingerprint density at radius 3 is 2.43 bits per heavy atom. The molecule has 0 saturated carbocycles. The van der Waals surface area contributed by atoms with Gasteiger partial charge in [-0.25, -0.2) is 4.98 Å². The van der Waals surface area contributed by atoms with E-state index < -0.39 is 0 Å². The molecule has 0 bridgehead atoms. The molecule has 6 nitrogen and oxygen atoms in total. The van der Waals surface area contributed by atoms with Crippen molar-refractivity contribution < 1.29 is 14.2 Å². The Morgan fingerprint density at radius 2 is 1.81 bits per heavy atom. The van der Waals surface area contributed by atoms with Crippen molar-refractivity contribution in [3.63, 3.8) is 0 Å². The Bertz CT molecular complexity index is 604. The van der Waals surface area contributed by atoms with E-state index >= 15 is 0 Å². The summed E-state index contributed by atoms with van der Waals surface area (Å²) < 4.78 is 15.8. The summed E-state index contributed by atoms with van der Waals surface area (Å²) in [6.07, 6.45) is 1.57. The number of methoxy groups -OCH3 is 3. The number of benzene rings is 1. The molecule has 1 atom stereocenters. The van der Waals surface area contributed by atoms with Crippen LogP contribution in [0.2, 0.25) is 0 Å².